The molecule has 1 heterocycles. The molecule has 4 nitrogen and oxygen atoms in total. The molecule has 37 heavy (non-hydrogen) atoms. The van der Waals surface area contributed by atoms with E-state index in [0.29, 0.717) is 35.1 Å². The quantitative estimate of drug-likeness (QED) is 0.399. The zero-order valence-electron chi connectivity index (χ0n) is 24.1. The van der Waals surface area contributed by atoms with Gasteiger partial charge in [0.15, 0.2) is 0 Å². The lowest BCUT2D eigenvalue weighted by atomic mass is 9.54. The second-order valence-corrected chi connectivity index (χ2v) is 12.9. The maximum Gasteiger partial charge on any atom is 0.223 e. The molecule has 1 aliphatic heterocycles. The molecule has 0 radical (unpaired) electrons. The predicted molar refractivity (Wildman–Crippen MR) is 152 cm³/mol. The number of likely N-dealkylation sites (tertiary alicyclic amines) is 1. The van der Waals surface area contributed by atoms with Crippen molar-refractivity contribution in [3.63, 3.8) is 0 Å². The van der Waals surface area contributed by atoms with Gasteiger partial charge in [-0.3, -0.25) is 4.79 Å². The summed E-state index contributed by atoms with van der Waals surface area (Å²) in [6.45, 7) is 12.1. The molecule has 1 N–H and O–H groups in total. The maximum absolute atomic E-state index is 13.3. The van der Waals surface area contributed by atoms with Crippen molar-refractivity contribution in [3.05, 3.63) is 29.3 Å². The zero-order chi connectivity index (χ0) is 26.0. The zero-order valence-corrected chi connectivity index (χ0v) is 24.1. The Hall–Kier alpha value is -1.55. The van der Waals surface area contributed by atoms with Gasteiger partial charge in [0.2, 0.25) is 5.91 Å². The van der Waals surface area contributed by atoms with Crippen LogP contribution in [0.4, 0.5) is 0 Å². The second-order valence-electron chi connectivity index (χ2n) is 12.9. The summed E-state index contributed by atoms with van der Waals surface area (Å²) >= 11 is 0. The average Bonchev–Trinajstić information content (AvgIpc) is 3.47. The molecule has 0 bridgehead atoms. The summed E-state index contributed by atoms with van der Waals surface area (Å²) < 4.78 is 6.21. The Morgan fingerprint density at radius 1 is 1.08 bits per heavy atom. The van der Waals surface area contributed by atoms with E-state index in [2.05, 4.69) is 42.3 Å². The molecule has 3 saturated carbocycles. The van der Waals surface area contributed by atoms with Gasteiger partial charge in [-0.25, -0.2) is 0 Å². The number of benzene rings is 1. The number of nitrogens with zero attached hydrogens (tertiary/aromatic N) is 1. The van der Waals surface area contributed by atoms with Crippen LogP contribution in [0.2, 0.25) is 0 Å². The van der Waals surface area contributed by atoms with Crippen molar-refractivity contribution in [1.82, 2.24) is 10.2 Å². The molecule has 4 heteroatoms. The molecule has 5 aliphatic rings. The van der Waals surface area contributed by atoms with Gasteiger partial charge in [-0.05, 0) is 137 Å². The minimum atomic E-state index is 0.232. The van der Waals surface area contributed by atoms with Crippen LogP contribution >= 0.6 is 0 Å². The van der Waals surface area contributed by atoms with E-state index in [0.717, 1.165) is 44.2 Å². The number of carbonyl (C=O) groups is 1. The van der Waals surface area contributed by atoms with Crippen molar-refractivity contribution in [2.45, 2.75) is 123 Å². The molecule has 0 spiro atoms. The van der Waals surface area contributed by atoms with Gasteiger partial charge in [0.25, 0.3) is 0 Å². The summed E-state index contributed by atoms with van der Waals surface area (Å²) in [5, 5.41) is 3.42. The predicted octanol–water partition coefficient (Wildman–Crippen LogP) is 7.11. The van der Waals surface area contributed by atoms with Gasteiger partial charge in [0, 0.05) is 24.5 Å². The Morgan fingerprint density at radius 3 is 2.62 bits per heavy atom. The number of aryl methyl sites for hydroxylation is 1. The van der Waals surface area contributed by atoms with Crippen LogP contribution in [0.1, 0.15) is 115 Å². The van der Waals surface area contributed by atoms with Crippen molar-refractivity contribution in [2.24, 2.45) is 23.2 Å². The van der Waals surface area contributed by atoms with E-state index in [1.54, 1.807) is 5.56 Å². The number of ether oxygens (including phenoxy) is 1. The normalized spacial score (nSPS) is 34.9. The molecule has 4 fully saturated rings. The summed E-state index contributed by atoms with van der Waals surface area (Å²) in [5.41, 5.74) is 3.43. The van der Waals surface area contributed by atoms with Gasteiger partial charge in [-0.15, -0.1) is 0 Å². The molecule has 1 amide bonds. The van der Waals surface area contributed by atoms with Gasteiger partial charge in [-0.1, -0.05) is 26.8 Å². The summed E-state index contributed by atoms with van der Waals surface area (Å²) in [6.07, 6.45) is 14.7. The van der Waals surface area contributed by atoms with Crippen LogP contribution in [0.5, 0.6) is 5.75 Å². The van der Waals surface area contributed by atoms with Crippen LogP contribution in [0, 0.1) is 23.2 Å². The fourth-order valence-electron chi connectivity index (χ4n) is 8.65. The highest BCUT2D eigenvalue weighted by Crippen LogP contribution is 2.62. The Morgan fingerprint density at radius 2 is 1.89 bits per heavy atom. The van der Waals surface area contributed by atoms with Gasteiger partial charge in [0.1, 0.15) is 5.75 Å². The molecule has 1 aromatic carbocycles. The molecule has 206 valence electrons. The van der Waals surface area contributed by atoms with Crippen LogP contribution < -0.4 is 10.1 Å². The highest BCUT2D eigenvalue weighted by molar-refractivity contribution is 5.80. The van der Waals surface area contributed by atoms with E-state index < -0.39 is 0 Å². The van der Waals surface area contributed by atoms with Crippen LogP contribution in [-0.4, -0.2) is 42.6 Å². The summed E-state index contributed by atoms with van der Waals surface area (Å²) in [4.78, 5) is 15.9. The van der Waals surface area contributed by atoms with Crippen LogP contribution in [0.25, 0.3) is 0 Å². The van der Waals surface area contributed by atoms with Crippen molar-refractivity contribution in [3.8, 4) is 5.75 Å². The minimum absolute atomic E-state index is 0.232. The molecule has 1 aromatic rings. The van der Waals surface area contributed by atoms with Gasteiger partial charge >= 0.3 is 0 Å². The van der Waals surface area contributed by atoms with Gasteiger partial charge in [-0.2, -0.15) is 0 Å². The minimum Gasteiger partial charge on any atom is -0.494 e. The van der Waals surface area contributed by atoms with E-state index in [-0.39, 0.29) is 5.92 Å². The fraction of sp³-hybridized carbons (Fsp3) is 0.788. The van der Waals surface area contributed by atoms with Crippen LogP contribution in [-0.2, 0) is 11.2 Å². The first kappa shape index (κ1) is 27.0. The third-order valence-corrected chi connectivity index (χ3v) is 10.9. The van der Waals surface area contributed by atoms with Crippen molar-refractivity contribution < 1.29 is 9.53 Å². The number of hydrogen-bond donors (Lipinski definition) is 1. The second kappa shape index (κ2) is 11.7. The molecule has 5 unspecified atom stereocenters. The molecule has 6 atom stereocenters. The Balaban J connectivity index is 0.00000137. The average molecular weight is 509 g/mol. The summed E-state index contributed by atoms with van der Waals surface area (Å²) in [6, 6.07) is 8.15. The van der Waals surface area contributed by atoms with E-state index in [1.165, 1.54) is 69.9 Å². The number of amides is 1. The van der Waals surface area contributed by atoms with E-state index in [1.807, 2.05) is 13.8 Å². The third-order valence-electron chi connectivity index (χ3n) is 10.9. The Bertz CT molecular complexity index is 927. The van der Waals surface area contributed by atoms with E-state index >= 15 is 0 Å². The lowest BCUT2D eigenvalue weighted by Crippen LogP contribution is -2.48. The van der Waals surface area contributed by atoms with Crippen LogP contribution in [0.15, 0.2) is 18.2 Å². The van der Waals surface area contributed by atoms with Crippen molar-refractivity contribution in [2.75, 3.05) is 19.7 Å². The molecule has 1 saturated heterocycles. The van der Waals surface area contributed by atoms with Crippen molar-refractivity contribution >= 4 is 5.91 Å². The monoisotopic (exact) mass is 508 g/mol. The Labute approximate surface area is 226 Å². The number of rotatable bonds is 7. The highest BCUT2D eigenvalue weighted by atomic mass is 16.5. The fourth-order valence-corrected chi connectivity index (χ4v) is 8.65. The first-order chi connectivity index (χ1) is 18.0. The van der Waals surface area contributed by atoms with Gasteiger partial charge in [0.05, 0.1) is 6.61 Å². The maximum atomic E-state index is 13.3. The highest BCUT2D eigenvalue weighted by Gasteiger charge is 2.56. The van der Waals surface area contributed by atoms with Gasteiger partial charge < -0.3 is 15.0 Å². The lowest BCUT2D eigenvalue weighted by Gasteiger charge is -2.50. The smallest absolute Gasteiger partial charge is 0.223 e. The van der Waals surface area contributed by atoms with E-state index in [4.69, 9.17) is 4.74 Å². The summed E-state index contributed by atoms with van der Waals surface area (Å²) in [5.74, 6) is 3.50. The lowest BCUT2D eigenvalue weighted by molar-refractivity contribution is -0.130. The molecule has 6 rings (SSSR count). The number of nitrogens with one attached hydrogen (secondary N) is 1. The number of fused-ring (bicyclic) bond motifs is 5. The van der Waals surface area contributed by atoms with Crippen LogP contribution in [0.3, 0.4) is 0 Å². The largest absolute Gasteiger partial charge is 0.494 e. The molecule has 0 aromatic heterocycles. The standard InChI is InChI=1S/C31H46N2O2.C2H6/c1-21-6-4-17-33(21)18-5-19-35-24-10-12-25-22(20-24)9-11-27-26(25)13-15-31(2)16-14-28(29(27)31)30(34)32-23-7-3-8-23;1-2/h10,12,20-21,23,26-29H,3-9,11,13-19H2,1-2H3,(H,32,34);1-2H3/t21?,26?,27?,28-,29?,31?;/m0./s1. The van der Waals surface area contributed by atoms with E-state index in [9.17, 15) is 4.79 Å². The molecule has 4 aliphatic carbocycles. The number of hydrogen-bond acceptors (Lipinski definition) is 3. The van der Waals surface area contributed by atoms with Crippen molar-refractivity contribution in [1.29, 1.82) is 0 Å². The number of carbonyl (C=O) groups excluding carboxylic acids is 1. The SMILES string of the molecule is CC.CC1CCCN1CCCOc1ccc2c(c1)CCC1C2CCC2(C)CC[C@H](C(=O)NC3CCC3)C12. The third kappa shape index (κ3) is 5.47. The topological polar surface area (TPSA) is 41.6 Å². The summed E-state index contributed by atoms with van der Waals surface area (Å²) in [7, 11) is 0. The first-order valence-electron chi connectivity index (χ1n) is 15.8. The Kier molecular flexibility index (Phi) is 8.53. The molecular weight excluding hydrogens is 456 g/mol. The first-order valence-corrected chi connectivity index (χ1v) is 15.8. The molecular formula is C33H52N2O2.